The fourth-order valence-corrected chi connectivity index (χ4v) is 6.34. The van der Waals surface area contributed by atoms with Crippen LogP contribution in [-0.2, 0) is 42.4 Å². The summed E-state index contributed by atoms with van der Waals surface area (Å²) in [6.45, 7) is 11.0. The number of fused-ring (bicyclic) bond motifs is 1. The van der Waals surface area contributed by atoms with Crippen molar-refractivity contribution in [2.75, 3.05) is 26.1 Å². The molecule has 0 aliphatic carbocycles. The van der Waals surface area contributed by atoms with Crippen LogP contribution in [0.25, 0.3) is 5.52 Å². The Morgan fingerprint density at radius 3 is 2.19 bits per heavy atom. The van der Waals surface area contributed by atoms with Crippen LogP contribution < -0.4 is 15.3 Å². The lowest BCUT2D eigenvalue weighted by Gasteiger charge is -2.38. The summed E-state index contributed by atoms with van der Waals surface area (Å²) in [6.07, 6.45) is -0.542. The van der Waals surface area contributed by atoms with E-state index in [2.05, 4.69) is 15.2 Å². The number of nitrogens with zero attached hydrogens (tertiary/aromatic N) is 4. The molecule has 0 bridgehead atoms. The van der Waals surface area contributed by atoms with Crippen LogP contribution in [0.2, 0.25) is 0 Å². The number of nitrogens with one attached hydrogen (secondary N) is 1. The number of esters is 3. The average molecular weight is 745 g/mol. The van der Waals surface area contributed by atoms with Gasteiger partial charge >= 0.3 is 25.7 Å². The van der Waals surface area contributed by atoms with Crippen molar-refractivity contribution in [2.24, 2.45) is 17.8 Å². The Balaban J connectivity index is 2.12. The quantitative estimate of drug-likeness (QED) is 0.0865. The Labute approximate surface area is 303 Å². The minimum Gasteiger partial charge on any atom is -0.464 e. The number of hydrogen-bond donors (Lipinski definition) is 2. The van der Waals surface area contributed by atoms with Gasteiger partial charge in [0.25, 0.3) is 0 Å². The zero-order valence-electron chi connectivity index (χ0n) is 30.8. The van der Waals surface area contributed by atoms with E-state index in [9.17, 15) is 24.2 Å². The standard InChI is InChI=1S/C35H49N6O10P/c1-9-25(10-2)18-47-34(44)24(7)40-52(45,51-26-14-12-11-13-15-26)48-20-35(19-36,46-8)30(50-33(43)23(5)6)29(49-32(42)22(3)4)27-16-17-28-31(37)38-21-39-41(27)28/h11-17,21-25,29-30H,9-10,18,20H2,1-8H3,(H,40,45)(H2,37,38,39)/t24-,29-,30-,35+,52?/m0/s1. The van der Waals surface area contributed by atoms with E-state index in [1.807, 2.05) is 19.9 Å². The molecule has 52 heavy (non-hydrogen) atoms. The number of ether oxygens (including phenoxy) is 4. The van der Waals surface area contributed by atoms with Gasteiger partial charge in [0.05, 0.1) is 24.1 Å². The molecule has 1 aromatic carbocycles. The smallest absolute Gasteiger partial charge is 0.459 e. The first-order chi connectivity index (χ1) is 24.6. The number of benzene rings is 1. The number of nitrogen functional groups attached to an aromatic ring is 1. The lowest BCUT2D eigenvalue weighted by molar-refractivity contribution is -0.197. The Hall–Kier alpha value is -4.55. The minimum absolute atomic E-state index is 0.102. The Bertz CT molecular complexity index is 1740. The third-order valence-corrected chi connectivity index (χ3v) is 9.88. The Kier molecular flexibility index (Phi) is 15.1. The molecule has 0 aliphatic rings. The summed E-state index contributed by atoms with van der Waals surface area (Å²) >= 11 is 0. The van der Waals surface area contributed by atoms with Crippen LogP contribution in [0.3, 0.4) is 0 Å². The number of nitrogens with two attached hydrogens (primary N) is 1. The van der Waals surface area contributed by atoms with Crippen molar-refractivity contribution in [3.8, 4) is 11.8 Å². The van der Waals surface area contributed by atoms with Gasteiger partial charge in [-0.1, -0.05) is 72.6 Å². The van der Waals surface area contributed by atoms with Crippen LogP contribution in [0, 0.1) is 29.1 Å². The fraction of sp³-hybridized carbons (Fsp3) is 0.543. The lowest BCUT2D eigenvalue weighted by atomic mass is 9.92. The molecule has 0 saturated heterocycles. The van der Waals surface area contributed by atoms with Gasteiger partial charge in [0, 0.05) is 7.11 Å². The van der Waals surface area contributed by atoms with Gasteiger partial charge in [-0.25, -0.2) is 14.1 Å². The number of anilines is 1. The van der Waals surface area contributed by atoms with Crippen molar-refractivity contribution in [2.45, 2.75) is 85.2 Å². The molecular weight excluding hydrogens is 695 g/mol. The number of nitriles is 1. The molecule has 2 heterocycles. The monoisotopic (exact) mass is 744 g/mol. The number of methoxy groups -OCH3 is 1. The molecule has 0 amide bonds. The highest BCUT2D eigenvalue weighted by molar-refractivity contribution is 7.52. The maximum absolute atomic E-state index is 14.5. The molecule has 0 saturated carbocycles. The molecule has 0 aliphatic heterocycles. The summed E-state index contributed by atoms with van der Waals surface area (Å²) in [5, 5.41) is 17.6. The van der Waals surface area contributed by atoms with E-state index in [-0.39, 0.29) is 29.8 Å². The Morgan fingerprint density at radius 2 is 1.62 bits per heavy atom. The van der Waals surface area contributed by atoms with Gasteiger partial charge in [-0.15, -0.1) is 0 Å². The molecule has 16 nitrogen and oxygen atoms in total. The maximum Gasteiger partial charge on any atom is 0.459 e. The molecule has 3 rings (SSSR count). The van der Waals surface area contributed by atoms with Crippen LogP contribution in [0.1, 0.15) is 73.1 Å². The highest BCUT2D eigenvalue weighted by Gasteiger charge is 2.53. The average Bonchev–Trinajstić information content (AvgIpc) is 3.56. The van der Waals surface area contributed by atoms with Gasteiger partial charge in [-0.05, 0) is 37.1 Å². The molecule has 0 spiro atoms. The lowest BCUT2D eigenvalue weighted by Crippen LogP contribution is -2.54. The highest BCUT2D eigenvalue weighted by atomic mass is 31.2. The SMILES string of the molecule is CCC(CC)COC(=O)[C@H](C)NP(=O)(OC[C@@](C#N)(OC)[C@@H](OC(=O)C(C)C)[C@@H](OC(=O)C(C)C)c1ccc2c(N)ncnn12)Oc1ccccc1. The highest BCUT2D eigenvalue weighted by Crippen LogP contribution is 2.47. The first-order valence-corrected chi connectivity index (χ1v) is 18.6. The van der Waals surface area contributed by atoms with E-state index in [1.54, 1.807) is 52.0 Å². The molecule has 17 heteroatoms. The maximum atomic E-state index is 14.5. The first-order valence-electron chi connectivity index (χ1n) is 17.0. The van der Waals surface area contributed by atoms with E-state index >= 15 is 0 Å². The number of aromatic nitrogens is 3. The van der Waals surface area contributed by atoms with Crippen LogP contribution in [0.4, 0.5) is 5.82 Å². The number of para-hydroxylation sites is 1. The number of carbonyl (C=O) groups excluding carboxylic acids is 3. The van der Waals surface area contributed by atoms with E-state index in [1.165, 1.54) is 36.0 Å². The van der Waals surface area contributed by atoms with Gasteiger partial charge in [0.2, 0.25) is 5.60 Å². The number of carbonyl (C=O) groups is 3. The molecule has 3 aromatic rings. The first kappa shape index (κ1) is 41.9. The van der Waals surface area contributed by atoms with E-state index in [0.717, 1.165) is 20.0 Å². The zero-order chi connectivity index (χ0) is 38.6. The molecule has 0 radical (unpaired) electrons. The van der Waals surface area contributed by atoms with E-state index < -0.39 is 67.9 Å². The summed E-state index contributed by atoms with van der Waals surface area (Å²) in [6, 6.07) is 11.9. The molecule has 5 atom stereocenters. The summed E-state index contributed by atoms with van der Waals surface area (Å²) in [7, 11) is -3.43. The van der Waals surface area contributed by atoms with Crippen molar-refractivity contribution in [3.63, 3.8) is 0 Å². The fourth-order valence-electron chi connectivity index (χ4n) is 4.82. The van der Waals surface area contributed by atoms with E-state index in [0.29, 0.717) is 5.52 Å². The predicted molar refractivity (Wildman–Crippen MR) is 189 cm³/mol. The molecule has 1 unspecified atom stereocenters. The van der Waals surface area contributed by atoms with Gasteiger partial charge in [-0.3, -0.25) is 18.9 Å². The third kappa shape index (κ3) is 10.5. The molecular formula is C35H49N6O10P. The summed E-state index contributed by atoms with van der Waals surface area (Å²) in [5.41, 5.74) is 4.23. The van der Waals surface area contributed by atoms with Crippen molar-refractivity contribution in [1.82, 2.24) is 19.7 Å². The van der Waals surface area contributed by atoms with Gasteiger partial charge in [0.1, 0.15) is 36.3 Å². The summed E-state index contributed by atoms with van der Waals surface area (Å²) in [4.78, 5) is 43.5. The minimum atomic E-state index is -4.58. The second-order valence-electron chi connectivity index (χ2n) is 12.8. The van der Waals surface area contributed by atoms with Crippen molar-refractivity contribution in [3.05, 3.63) is 54.5 Å². The molecule has 284 valence electrons. The molecule has 3 N–H and O–H groups in total. The second-order valence-corrected chi connectivity index (χ2v) is 14.5. The van der Waals surface area contributed by atoms with Gasteiger partial charge in [0.15, 0.2) is 18.0 Å². The topological polar surface area (TPSA) is 216 Å². The summed E-state index contributed by atoms with van der Waals surface area (Å²) in [5.74, 6) is -3.21. The van der Waals surface area contributed by atoms with Crippen LogP contribution in [-0.4, -0.2) is 70.6 Å². The zero-order valence-corrected chi connectivity index (χ0v) is 31.7. The van der Waals surface area contributed by atoms with Crippen molar-refractivity contribution >= 4 is 37.0 Å². The molecule has 0 fully saturated rings. The normalized spacial score (nSPS) is 15.7. The van der Waals surface area contributed by atoms with Crippen LogP contribution in [0.5, 0.6) is 5.75 Å². The second kappa shape index (κ2) is 18.8. The van der Waals surface area contributed by atoms with Crippen molar-refractivity contribution < 1.29 is 46.9 Å². The van der Waals surface area contributed by atoms with E-state index in [4.69, 9.17) is 33.7 Å². The Morgan fingerprint density at radius 1 is 0.981 bits per heavy atom. The third-order valence-electron chi connectivity index (χ3n) is 8.26. The van der Waals surface area contributed by atoms with Crippen LogP contribution >= 0.6 is 7.75 Å². The molecule has 2 aromatic heterocycles. The van der Waals surface area contributed by atoms with Crippen LogP contribution in [0.15, 0.2) is 48.8 Å². The number of hydrogen-bond acceptors (Lipinski definition) is 14. The van der Waals surface area contributed by atoms with Crippen molar-refractivity contribution in [1.29, 1.82) is 5.26 Å². The summed E-state index contributed by atoms with van der Waals surface area (Å²) < 4.78 is 50.6. The van der Waals surface area contributed by atoms with Gasteiger partial charge < -0.3 is 29.2 Å². The van der Waals surface area contributed by atoms with Gasteiger partial charge in [-0.2, -0.15) is 15.4 Å². The number of rotatable bonds is 20. The predicted octanol–water partition coefficient (Wildman–Crippen LogP) is 5.19. The largest absolute Gasteiger partial charge is 0.464 e.